The quantitative estimate of drug-likeness (QED) is 0.670. The number of nitrogens with zero attached hydrogens (tertiary/aromatic N) is 3. The van der Waals surface area contributed by atoms with Crippen LogP contribution < -0.4 is 16.2 Å². The van der Waals surface area contributed by atoms with E-state index in [4.69, 9.17) is 0 Å². The topological polar surface area (TPSA) is 104 Å². The lowest BCUT2D eigenvalue weighted by Gasteiger charge is -2.08. The van der Waals surface area contributed by atoms with Crippen molar-refractivity contribution in [2.24, 2.45) is 0 Å². The molecule has 0 bridgehead atoms. The van der Waals surface area contributed by atoms with Crippen LogP contribution in [0.15, 0.2) is 29.1 Å². The summed E-state index contributed by atoms with van der Waals surface area (Å²) in [6.07, 6.45) is 0. The minimum Gasteiger partial charge on any atom is -0.308 e. The van der Waals surface area contributed by atoms with Crippen LogP contribution in [-0.2, 0) is 0 Å². The molecule has 0 unspecified atom stereocenters. The van der Waals surface area contributed by atoms with Crippen molar-refractivity contribution in [1.82, 2.24) is 19.6 Å². The fourth-order valence-electron chi connectivity index (χ4n) is 2.08. The van der Waals surface area contributed by atoms with E-state index in [0.717, 1.165) is 4.52 Å². The van der Waals surface area contributed by atoms with Gasteiger partial charge >= 0.3 is 6.03 Å². The number of carbonyl (C=O) groups is 1. The summed E-state index contributed by atoms with van der Waals surface area (Å²) in [5.74, 6) is 0.353. The Morgan fingerprint density at radius 2 is 1.87 bits per heavy atom. The molecule has 2 heterocycles. The highest BCUT2D eigenvalue weighted by molar-refractivity contribution is 5.99. The fourth-order valence-corrected chi connectivity index (χ4v) is 2.08. The Hall–Kier alpha value is -3.23. The van der Waals surface area contributed by atoms with Crippen LogP contribution in [0.3, 0.4) is 0 Å². The first-order chi connectivity index (χ1) is 10.9. The van der Waals surface area contributed by atoms with Gasteiger partial charge in [0, 0.05) is 5.69 Å². The Morgan fingerprint density at radius 3 is 2.57 bits per heavy atom. The molecule has 0 aliphatic rings. The van der Waals surface area contributed by atoms with Gasteiger partial charge in [-0.2, -0.15) is 9.50 Å². The zero-order chi connectivity index (χ0) is 16.6. The molecule has 2 aromatic heterocycles. The number of halogens is 1. The Bertz CT molecular complexity index is 944. The van der Waals surface area contributed by atoms with E-state index >= 15 is 0 Å². The van der Waals surface area contributed by atoms with Crippen molar-refractivity contribution in [3.05, 3.63) is 52.0 Å². The van der Waals surface area contributed by atoms with Crippen LogP contribution in [0.1, 0.15) is 11.5 Å². The molecule has 3 N–H and O–H groups in total. The lowest BCUT2D eigenvalue weighted by molar-refractivity contribution is 0.262. The van der Waals surface area contributed by atoms with Crippen molar-refractivity contribution < 1.29 is 9.18 Å². The summed E-state index contributed by atoms with van der Waals surface area (Å²) in [7, 11) is 0. The van der Waals surface area contributed by atoms with Gasteiger partial charge < -0.3 is 10.6 Å². The van der Waals surface area contributed by atoms with Gasteiger partial charge in [-0.25, -0.2) is 14.2 Å². The van der Waals surface area contributed by atoms with Crippen LogP contribution in [-0.4, -0.2) is 25.6 Å². The van der Waals surface area contributed by atoms with Gasteiger partial charge in [0.05, 0.1) is 5.69 Å². The summed E-state index contributed by atoms with van der Waals surface area (Å²) >= 11 is 0. The number of anilines is 2. The summed E-state index contributed by atoms with van der Waals surface area (Å²) in [6.45, 7) is 3.29. The summed E-state index contributed by atoms with van der Waals surface area (Å²) in [4.78, 5) is 32.6. The monoisotopic (exact) mass is 316 g/mol. The fraction of sp³-hybridized carbons (Fsp3) is 0.143. The minimum atomic E-state index is -0.630. The smallest absolute Gasteiger partial charge is 0.308 e. The predicted octanol–water partition coefficient (Wildman–Crippen LogP) is 1.82. The predicted molar refractivity (Wildman–Crippen MR) is 82.1 cm³/mol. The zero-order valence-electron chi connectivity index (χ0n) is 12.3. The number of amides is 2. The highest BCUT2D eigenvalue weighted by Crippen LogP contribution is 2.11. The Morgan fingerprint density at radius 1 is 1.17 bits per heavy atom. The number of aryl methyl sites for hydroxylation is 2. The van der Waals surface area contributed by atoms with E-state index in [1.165, 1.54) is 24.3 Å². The molecule has 0 aliphatic carbocycles. The van der Waals surface area contributed by atoms with E-state index in [-0.39, 0.29) is 11.5 Å². The number of nitrogens with one attached hydrogen (secondary N) is 3. The van der Waals surface area contributed by atoms with Gasteiger partial charge in [0.1, 0.15) is 17.3 Å². The molecule has 3 aromatic rings. The van der Waals surface area contributed by atoms with Gasteiger partial charge in [-0.15, -0.1) is 0 Å². The normalized spacial score (nSPS) is 10.7. The number of aromatic nitrogens is 4. The highest BCUT2D eigenvalue weighted by Gasteiger charge is 2.14. The van der Waals surface area contributed by atoms with E-state index in [1.807, 2.05) is 0 Å². The van der Waals surface area contributed by atoms with Crippen molar-refractivity contribution in [1.29, 1.82) is 0 Å². The van der Waals surface area contributed by atoms with Gasteiger partial charge in [-0.1, -0.05) is 0 Å². The van der Waals surface area contributed by atoms with Crippen LogP contribution >= 0.6 is 0 Å². The molecular weight excluding hydrogens is 303 g/mol. The van der Waals surface area contributed by atoms with E-state index in [1.54, 1.807) is 13.8 Å². The first-order valence-corrected chi connectivity index (χ1v) is 6.73. The number of fused-ring (bicyclic) bond motifs is 1. The van der Waals surface area contributed by atoms with Crippen molar-refractivity contribution in [2.45, 2.75) is 13.8 Å². The summed E-state index contributed by atoms with van der Waals surface area (Å²) in [6, 6.07) is 4.63. The Labute approximate surface area is 129 Å². The number of rotatable bonds is 2. The molecule has 2 amide bonds. The third-order valence-electron chi connectivity index (χ3n) is 3.13. The molecule has 0 aliphatic heterocycles. The van der Waals surface area contributed by atoms with Gasteiger partial charge in [-0.05, 0) is 38.1 Å². The van der Waals surface area contributed by atoms with Crippen LogP contribution in [0.25, 0.3) is 5.78 Å². The SMILES string of the molecule is Cc1nc2nc(C)c(NC(=O)Nc3ccc(F)cc3)c(=O)n2[nH]1. The maximum atomic E-state index is 12.8. The van der Waals surface area contributed by atoms with Gasteiger partial charge in [0.25, 0.3) is 11.3 Å². The maximum Gasteiger partial charge on any atom is 0.323 e. The van der Waals surface area contributed by atoms with E-state index in [9.17, 15) is 14.0 Å². The van der Waals surface area contributed by atoms with E-state index < -0.39 is 17.4 Å². The van der Waals surface area contributed by atoms with Crippen molar-refractivity contribution in [3.63, 3.8) is 0 Å². The van der Waals surface area contributed by atoms with Crippen molar-refractivity contribution >= 4 is 23.2 Å². The molecule has 1 aromatic carbocycles. The van der Waals surface area contributed by atoms with Crippen molar-refractivity contribution in [3.8, 4) is 0 Å². The number of hydrogen-bond acceptors (Lipinski definition) is 4. The molecule has 9 heteroatoms. The molecule has 3 rings (SSSR count). The number of hydrogen-bond donors (Lipinski definition) is 3. The summed E-state index contributed by atoms with van der Waals surface area (Å²) < 4.78 is 14.0. The molecule has 23 heavy (non-hydrogen) atoms. The van der Waals surface area contributed by atoms with Crippen LogP contribution in [0, 0.1) is 19.7 Å². The minimum absolute atomic E-state index is 0.0331. The second-order valence-corrected chi connectivity index (χ2v) is 4.91. The third-order valence-corrected chi connectivity index (χ3v) is 3.13. The largest absolute Gasteiger partial charge is 0.323 e. The summed E-state index contributed by atoms with van der Waals surface area (Å²) in [5, 5.41) is 7.70. The van der Waals surface area contributed by atoms with Gasteiger partial charge in [-0.3, -0.25) is 9.89 Å². The van der Waals surface area contributed by atoms with Crippen molar-refractivity contribution in [2.75, 3.05) is 10.6 Å². The number of carbonyl (C=O) groups excluding carboxylic acids is 1. The van der Waals surface area contributed by atoms with Crippen LogP contribution in [0.5, 0.6) is 0 Å². The molecule has 8 nitrogen and oxygen atoms in total. The summed E-state index contributed by atoms with van der Waals surface area (Å²) in [5.41, 5.74) is 0.303. The molecule has 0 radical (unpaired) electrons. The lowest BCUT2D eigenvalue weighted by atomic mass is 10.3. The standard InChI is InChI=1S/C14H13FN6O2/c1-7-11(12(22)21-13(16-7)17-8(2)20-21)19-14(23)18-10-5-3-9(15)4-6-10/h3-6H,1-2H3,(H,16,17,20)(H2,18,19,23). The Balaban J connectivity index is 1.87. The first-order valence-electron chi connectivity index (χ1n) is 6.73. The number of benzene rings is 1. The average Bonchev–Trinajstić information content (AvgIpc) is 2.86. The van der Waals surface area contributed by atoms with Gasteiger partial charge in [0.15, 0.2) is 0 Å². The molecule has 0 saturated heterocycles. The van der Waals surface area contributed by atoms with Crippen LogP contribution in [0.4, 0.5) is 20.6 Å². The number of urea groups is 1. The number of aromatic amines is 1. The van der Waals surface area contributed by atoms with Gasteiger partial charge in [0.2, 0.25) is 0 Å². The second-order valence-electron chi connectivity index (χ2n) is 4.91. The second kappa shape index (κ2) is 5.52. The average molecular weight is 316 g/mol. The molecule has 0 fully saturated rings. The molecule has 0 atom stereocenters. The van der Waals surface area contributed by atoms with E-state index in [0.29, 0.717) is 17.2 Å². The maximum absolute atomic E-state index is 12.8. The highest BCUT2D eigenvalue weighted by atomic mass is 19.1. The van der Waals surface area contributed by atoms with Crippen LogP contribution in [0.2, 0.25) is 0 Å². The molecule has 0 spiro atoms. The molecular formula is C14H13FN6O2. The molecule has 0 saturated carbocycles. The zero-order valence-corrected chi connectivity index (χ0v) is 12.3. The van der Waals surface area contributed by atoms with E-state index in [2.05, 4.69) is 25.7 Å². The third kappa shape index (κ3) is 2.89. The number of H-pyrrole nitrogens is 1. The lowest BCUT2D eigenvalue weighted by Crippen LogP contribution is -2.28. The first kappa shape index (κ1) is 14.7. The molecule has 118 valence electrons. The Kier molecular flexibility index (Phi) is 3.53.